The van der Waals surface area contributed by atoms with Crippen LogP contribution in [0, 0.1) is 11.8 Å². The second kappa shape index (κ2) is 8.35. The number of rotatable bonds is 9. The Morgan fingerprint density at radius 2 is 2.00 bits per heavy atom. The second-order valence-electron chi connectivity index (χ2n) is 7.05. The molecule has 0 aromatic rings. The first kappa shape index (κ1) is 16.3. The lowest BCUT2D eigenvalue weighted by atomic mass is 9.82. The number of hydrogen-bond acceptors (Lipinski definition) is 3. The van der Waals surface area contributed by atoms with Crippen LogP contribution < -0.4 is 5.32 Å². The van der Waals surface area contributed by atoms with Gasteiger partial charge in [0.05, 0.1) is 6.61 Å². The molecule has 0 aromatic carbocycles. The molecule has 0 saturated heterocycles. The summed E-state index contributed by atoms with van der Waals surface area (Å²) >= 11 is 0. The Labute approximate surface area is 125 Å². The highest BCUT2D eigenvalue weighted by Crippen LogP contribution is 2.29. The van der Waals surface area contributed by atoms with Gasteiger partial charge in [-0.05, 0) is 64.0 Å². The lowest BCUT2D eigenvalue weighted by molar-refractivity contribution is 0.0665. The number of nitrogens with one attached hydrogen (secondary N) is 1. The minimum atomic E-state index is 0.680. The molecule has 2 saturated carbocycles. The molecular weight excluding hydrogens is 248 g/mol. The first-order valence-corrected chi connectivity index (χ1v) is 8.72. The van der Waals surface area contributed by atoms with E-state index >= 15 is 0 Å². The maximum Gasteiger partial charge on any atom is 0.0593 e. The van der Waals surface area contributed by atoms with Crippen molar-refractivity contribution in [2.24, 2.45) is 11.8 Å². The van der Waals surface area contributed by atoms with E-state index in [2.05, 4.69) is 31.1 Å². The van der Waals surface area contributed by atoms with Gasteiger partial charge in [0.15, 0.2) is 0 Å². The summed E-state index contributed by atoms with van der Waals surface area (Å²) in [4.78, 5) is 2.54. The molecular formula is C17H34N2O. The van der Waals surface area contributed by atoms with Crippen LogP contribution >= 0.6 is 0 Å². The predicted octanol–water partition coefficient (Wildman–Crippen LogP) is 2.90. The summed E-state index contributed by atoms with van der Waals surface area (Å²) in [7, 11) is 2.28. The van der Waals surface area contributed by atoms with Crippen molar-refractivity contribution in [2.45, 2.75) is 64.5 Å². The average molecular weight is 282 g/mol. The van der Waals surface area contributed by atoms with Crippen LogP contribution in [0.5, 0.6) is 0 Å². The number of nitrogens with zero attached hydrogens (tertiary/aromatic N) is 1. The van der Waals surface area contributed by atoms with Crippen molar-refractivity contribution in [3.63, 3.8) is 0 Å². The average Bonchev–Trinajstić information content (AvgIpc) is 3.26. The minimum absolute atomic E-state index is 0.680. The molecule has 3 heteroatoms. The predicted molar refractivity (Wildman–Crippen MR) is 85.1 cm³/mol. The maximum atomic E-state index is 5.80. The van der Waals surface area contributed by atoms with Gasteiger partial charge >= 0.3 is 0 Å². The lowest BCUT2D eigenvalue weighted by Gasteiger charge is -2.41. The van der Waals surface area contributed by atoms with Gasteiger partial charge in [-0.15, -0.1) is 0 Å². The number of likely N-dealkylation sites (N-methyl/N-ethyl adjacent to an activating group) is 1. The third-order valence-electron chi connectivity index (χ3n) is 4.94. The van der Waals surface area contributed by atoms with Crippen LogP contribution in [0.25, 0.3) is 0 Å². The van der Waals surface area contributed by atoms with E-state index in [1.807, 2.05) is 0 Å². The van der Waals surface area contributed by atoms with E-state index in [0.29, 0.717) is 12.1 Å². The van der Waals surface area contributed by atoms with Gasteiger partial charge in [-0.3, -0.25) is 4.90 Å². The SMILES string of the molecule is CCCNC1CCC(C)CC1N(C)CCOCC1CC1. The van der Waals surface area contributed by atoms with E-state index in [-0.39, 0.29) is 0 Å². The van der Waals surface area contributed by atoms with Crippen LogP contribution in [0.2, 0.25) is 0 Å². The fraction of sp³-hybridized carbons (Fsp3) is 1.00. The smallest absolute Gasteiger partial charge is 0.0593 e. The molecule has 0 spiro atoms. The highest BCUT2D eigenvalue weighted by Gasteiger charge is 2.30. The summed E-state index contributed by atoms with van der Waals surface area (Å²) in [5.74, 6) is 1.75. The van der Waals surface area contributed by atoms with E-state index in [1.165, 1.54) is 38.5 Å². The molecule has 2 rings (SSSR count). The van der Waals surface area contributed by atoms with Gasteiger partial charge in [-0.1, -0.05) is 13.8 Å². The van der Waals surface area contributed by atoms with Gasteiger partial charge in [0, 0.05) is 25.2 Å². The third kappa shape index (κ3) is 5.34. The molecule has 2 fully saturated rings. The van der Waals surface area contributed by atoms with Gasteiger partial charge in [0.1, 0.15) is 0 Å². The molecule has 0 aliphatic heterocycles. The molecule has 0 heterocycles. The van der Waals surface area contributed by atoms with E-state index in [1.54, 1.807) is 0 Å². The molecule has 3 unspecified atom stereocenters. The Bertz CT molecular complexity index is 266. The van der Waals surface area contributed by atoms with Gasteiger partial charge in [0.2, 0.25) is 0 Å². The van der Waals surface area contributed by atoms with Crippen LogP contribution in [0.15, 0.2) is 0 Å². The molecule has 0 bridgehead atoms. The van der Waals surface area contributed by atoms with Gasteiger partial charge < -0.3 is 10.1 Å². The Morgan fingerprint density at radius 1 is 1.20 bits per heavy atom. The lowest BCUT2D eigenvalue weighted by Crippen LogP contribution is -2.52. The molecule has 118 valence electrons. The summed E-state index contributed by atoms with van der Waals surface area (Å²) < 4.78 is 5.80. The zero-order valence-electron chi connectivity index (χ0n) is 13.7. The molecule has 3 atom stereocenters. The Kier molecular flexibility index (Phi) is 6.79. The molecule has 0 radical (unpaired) electrons. The zero-order valence-corrected chi connectivity index (χ0v) is 13.7. The standard InChI is InChI=1S/C17H34N2O/c1-4-9-18-16-8-5-14(2)12-17(16)19(3)10-11-20-13-15-6-7-15/h14-18H,4-13H2,1-3H3. The zero-order chi connectivity index (χ0) is 14.4. The Balaban J connectivity index is 1.71. The van der Waals surface area contributed by atoms with Crippen LogP contribution in [0.3, 0.4) is 0 Å². The van der Waals surface area contributed by atoms with E-state index in [0.717, 1.165) is 38.1 Å². The first-order valence-electron chi connectivity index (χ1n) is 8.72. The van der Waals surface area contributed by atoms with Crippen molar-refractivity contribution < 1.29 is 4.74 Å². The normalized spacial score (nSPS) is 30.9. The molecule has 2 aliphatic rings. The highest BCUT2D eigenvalue weighted by molar-refractivity contribution is 4.89. The topological polar surface area (TPSA) is 24.5 Å². The summed E-state index contributed by atoms with van der Waals surface area (Å²) in [6, 6.07) is 1.37. The highest BCUT2D eigenvalue weighted by atomic mass is 16.5. The second-order valence-corrected chi connectivity index (χ2v) is 7.05. The molecule has 0 amide bonds. The fourth-order valence-electron chi connectivity index (χ4n) is 3.31. The van der Waals surface area contributed by atoms with Gasteiger partial charge in [-0.2, -0.15) is 0 Å². The fourth-order valence-corrected chi connectivity index (χ4v) is 3.31. The van der Waals surface area contributed by atoms with Crippen molar-refractivity contribution in [2.75, 3.05) is 33.4 Å². The summed E-state index contributed by atoms with van der Waals surface area (Å²) in [5.41, 5.74) is 0. The van der Waals surface area contributed by atoms with Crippen molar-refractivity contribution in [3.8, 4) is 0 Å². The monoisotopic (exact) mass is 282 g/mol. The summed E-state index contributed by atoms with van der Waals surface area (Å²) in [6.45, 7) is 8.78. The van der Waals surface area contributed by atoms with Gasteiger partial charge in [-0.25, -0.2) is 0 Å². The Morgan fingerprint density at radius 3 is 2.70 bits per heavy atom. The van der Waals surface area contributed by atoms with E-state index in [4.69, 9.17) is 4.74 Å². The number of hydrogen-bond donors (Lipinski definition) is 1. The molecule has 1 N–H and O–H groups in total. The Hall–Kier alpha value is -0.120. The minimum Gasteiger partial charge on any atom is -0.380 e. The van der Waals surface area contributed by atoms with E-state index in [9.17, 15) is 0 Å². The first-order chi connectivity index (χ1) is 9.70. The molecule has 0 aromatic heterocycles. The third-order valence-corrected chi connectivity index (χ3v) is 4.94. The van der Waals surface area contributed by atoms with Crippen LogP contribution in [-0.4, -0.2) is 50.3 Å². The van der Waals surface area contributed by atoms with Crippen molar-refractivity contribution in [1.82, 2.24) is 10.2 Å². The van der Waals surface area contributed by atoms with E-state index < -0.39 is 0 Å². The quantitative estimate of drug-likeness (QED) is 0.658. The summed E-state index contributed by atoms with van der Waals surface area (Å²) in [6.07, 6.45) is 8.05. The van der Waals surface area contributed by atoms with Crippen LogP contribution in [0.1, 0.15) is 52.4 Å². The van der Waals surface area contributed by atoms with Crippen LogP contribution in [0.4, 0.5) is 0 Å². The number of ether oxygens (including phenoxy) is 1. The van der Waals surface area contributed by atoms with Gasteiger partial charge in [0.25, 0.3) is 0 Å². The van der Waals surface area contributed by atoms with Crippen molar-refractivity contribution in [1.29, 1.82) is 0 Å². The molecule has 3 nitrogen and oxygen atoms in total. The molecule has 20 heavy (non-hydrogen) atoms. The van der Waals surface area contributed by atoms with Crippen molar-refractivity contribution in [3.05, 3.63) is 0 Å². The summed E-state index contributed by atoms with van der Waals surface area (Å²) in [5, 5.41) is 3.76. The van der Waals surface area contributed by atoms with Crippen LogP contribution in [-0.2, 0) is 4.74 Å². The largest absolute Gasteiger partial charge is 0.380 e. The maximum absolute atomic E-state index is 5.80. The van der Waals surface area contributed by atoms with Crippen molar-refractivity contribution >= 4 is 0 Å². The molecule has 2 aliphatic carbocycles.